The molecule has 0 bridgehead atoms. The van der Waals surface area contributed by atoms with E-state index in [4.69, 9.17) is 17.3 Å². The van der Waals surface area contributed by atoms with Gasteiger partial charge in [-0.15, -0.1) is 0 Å². The zero-order valence-electron chi connectivity index (χ0n) is 11.1. The maximum Gasteiger partial charge on any atom is 0.391 e. The van der Waals surface area contributed by atoms with Crippen molar-refractivity contribution >= 4 is 17.3 Å². The molecule has 0 saturated carbocycles. The summed E-state index contributed by atoms with van der Waals surface area (Å²) < 4.78 is 38.1. The Morgan fingerprint density at radius 1 is 1.25 bits per heavy atom. The Kier molecular flexibility index (Phi) is 4.81. The summed E-state index contributed by atoms with van der Waals surface area (Å²) in [4.78, 5) is 1.95. The number of halogens is 4. The maximum absolute atomic E-state index is 12.7. The number of anilines is 1. The third-order valence-corrected chi connectivity index (χ3v) is 4.06. The molecule has 112 valence electrons. The lowest BCUT2D eigenvalue weighted by atomic mass is 9.95. The molecule has 1 aliphatic rings. The van der Waals surface area contributed by atoms with Crippen molar-refractivity contribution in [2.24, 2.45) is 11.7 Å². The van der Waals surface area contributed by atoms with Gasteiger partial charge in [-0.25, -0.2) is 0 Å². The van der Waals surface area contributed by atoms with Crippen LogP contribution in [0.5, 0.6) is 0 Å². The minimum Gasteiger partial charge on any atom is -0.370 e. The van der Waals surface area contributed by atoms with E-state index in [1.807, 2.05) is 17.0 Å². The molecule has 0 radical (unpaired) electrons. The van der Waals surface area contributed by atoms with Crippen LogP contribution in [0.3, 0.4) is 0 Å². The summed E-state index contributed by atoms with van der Waals surface area (Å²) in [6.07, 6.45) is -3.17. The van der Waals surface area contributed by atoms with Gasteiger partial charge in [0.25, 0.3) is 0 Å². The minimum absolute atomic E-state index is 0.122. The summed E-state index contributed by atoms with van der Waals surface area (Å²) in [7, 11) is 0. The van der Waals surface area contributed by atoms with E-state index < -0.39 is 12.1 Å². The molecule has 0 aliphatic carbocycles. The molecule has 6 heteroatoms. The number of nitrogens with zero attached hydrogens (tertiary/aromatic N) is 1. The molecule has 1 saturated heterocycles. The van der Waals surface area contributed by atoms with E-state index in [2.05, 4.69) is 0 Å². The standard InChI is InChI=1S/C14H18ClF3N2/c15-12-3-1-2-10(4-7-19)13(12)20-8-5-11(6-9-20)14(16,17)18/h1-3,11H,4-9,19H2. The van der Waals surface area contributed by atoms with Crippen LogP contribution in [-0.4, -0.2) is 25.8 Å². The second-order valence-corrected chi connectivity index (χ2v) is 5.50. The van der Waals surface area contributed by atoms with E-state index in [1.165, 1.54) is 0 Å². The summed E-state index contributed by atoms with van der Waals surface area (Å²) in [5.41, 5.74) is 7.43. The third kappa shape index (κ3) is 3.38. The van der Waals surface area contributed by atoms with Crippen LogP contribution < -0.4 is 10.6 Å². The predicted molar refractivity (Wildman–Crippen MR) is 75.2 cm³/mol. The Hall–Kier alpha value is -0.940. The van der Waals surface area contributed by atoms with Crippen LogP contribution in [-0.2, 0) is 6.42 Å². The monoisotopic (exact) mass is 306 g/mol. The number of benzene rings is 1. The van der Waals surface area contributed by atoms with Gasteiger partial charge in [-0.1, -0.05) is 23.7 Å². The van der Waals surface area contributed by atoms with Crippen LogP contribution in [0.1, 0.15) is 18.4 Å². The molecule has 20 heavy (non-hydrogen) atoms. The Balaban J connectivity index is 2.14. The van der Waals surface area contributed by atoms with Gasteiger partial charge in [0.05, 0.1) is 16.6 Å². The van der Waals surface area contributed by atoms with Crippen LogP contribution in [0, 0.1) is 5.92 Å². The van der Waals surface area contributed by atoms with Gasteiger partial charge >= 0.3 is 6.18 Å². The van der Waals surface area contributed by atoms with E-state index in [0.29, 0.717) is 31.1 Å². The smallest absolute Gasteiger partial charge is 0.370 e. The van der Waals surface area contributed by atoms with Crippen LogP contribution in [0.2, 0.25) is 5.02 Å². The van der Waals surface area contributed by atoms with Crippen LogP contribution in [0.25, 0.3) is 0 Å². The fourth-order valence-corrected chi connectivity index (χ4v) is 3.02. The number of nitrogens with two attached hydrogens (primary N) is 1. The summed E-state index contributed by atoms with van der Waals surface area (Å²) in [5, 5.41) is 0.585. The van der Waals surface area contributed by atoms with Crippen molar-refractivity contribution in [1.29, 1.82) is 0 Å². The van der Waals surface area contributed by atoms with Gasteiger partial charge in [0.15, 0.2) is 0 Å². The number of piperidine rings is 1. The normalized spacial score (nSPS) is 17.6. The fraction of sp³-hybridized carbons (Fsp3) is 0.571. The fourth-order valence-electron chi connectivity index (χ4n) is 2.70. The maximum atomic E-state index is 12.7. The highest BCUT2D eigenvalue weighted by molar-refractivity contribution is 6.33. The van der Waals surface area contributed by atoms with Crippen LogP contribution >= 0.6 is 11.6 Å². The Morgan fingerprint density at radius 2 is 1.90 bits per heavy atom. The van der Waals surface area contributed by atoms with Crippen molar-refractivity contribution in [3.8, 4) is 0 Å². The average molecular weight is 307 g/mol. The summed E-state index contributed by atoms with van der Waals surface area (Å²) in [6, 6.07) is 5.55. The van der Waals surface area contributed by atoms with Gasteiger partial charge in [0, 0.05) is 13.1 Å². The van der Waals surface area contributed by atoms with Crippen LogP contribution in [0.15, 0.2) is 18.2 Å². The minimum atomic E-state index is -4.09. The highest BCUT2D eigenvalue weighted by Gasteiger charge is 2.41. The molecule has 1 aromatic carbocycles. The van der Waals surface area contributed by atoms with Crippen molar-refractivity contribution in [2.45, 2.75) is 25.4 Å². The summed E-state index contributed by atoms with van der Waals surface area (Å²) in [5.74, 6) is -1.20. The molecule has 2 N–H and O–H groups in total. The molecule has 0 spiro atoms. The first-order valence-corrected chi connectivity index (χ1v) is 7.10. The molecule has 2 nitrogen and oxygen atoms in total. The van der Waals surface area contributed by atoms with Crippen molar-refractivity contribution in [1.82, 2.24) is 0 Å². The van der Waals surface area contributed by atoms with E-state index in [0.717, 1.165) is 11.3 Å². The number of hydrogen-bond donors (Lipinski definition) is 1. The largest absolute Gasteiger partial charge is 0.391 e. The molecular weight excluding hydrogens is 289 g/mol. The molecule has 1 aliphatic heterocycles. The first-order valence-electron chi connectivity index (χ1n) is 6.72. The topological polar surface area (TPSA) is 29.3 Å². The van der Waals surface area contributed by atoms with Gasteiger partial charge in [0.1, 0.15) is 0 Å². The second kappa shape index (κ2) is 6.22. The Labute approximate surface area is 121 Å². The summed E-state index contributed by atoms with van der Waals surface area (Å²) in [6.45, 7) is 1.25. The number of para-hydroxylation sites is 1. The van der Waals surface area contributed by atoms with Gasteiger partial charge in [-0.05, 0) is 37.4 Å². The second-order valence-electron chi connectivity index (χ2n) is 5.09. The van der Waals surface area contributed by atoms with Crippen molar-refractivity contribution in [3.63, 3.8) is 0 Å². The SMILES string of the molecule is NCCc1cccc(Cl)c1N1CCC(C(F)(F)F)CC1. The lowest BCUT2D eigenvalue weighted by molar-refractivity contribution is -0.179. The first kappa shape index (κ1) is 15.4. The van der Waals surface area contributed by atoms with Crippen molar-refractivity contribution < 1.29 is 13.2 Å². The highest BCUT2D eigenvalue weighted by atomic mass is 35.5. The van der Waals surface area contributed by atoms with Crippen molar-refractivity contribution in [2.75, 3.05) is 24.5 Å². The first-order chi connectivity index (χ1) is 9.43. The van der Waals surface area contributed by atoms with Crippen molar-refractivity contribution in [3.05, 3.63) is 28.8 Å². The lowest BCUT2D eigenvalue weighted by Gasteiger charge is -2.36. The molecule has 0 aromatic heterocycles. The van der Waals surface area contributed by atoms with E-state index in [1.54, 1.807) is 6.07 Å². The van der Waals surface area contributed by atoms with Gasteiger partial charge in [-0.2, -0.15) is 13.2 Å². The molecular formula is C14H18ClF3N2. The van der Waals surface area contributed by atoms with Gasteiger partial charge < -0.3 is 10.6 Å². The third-order valence-electron chi connectivity index (χ3n) is 3.76. The molecule has 1 fully saturated rings. The Morgan fingerprint density at radius 3 is 2.45 bits per heavy atom. The molecule has 0 atom stereocenters. The lowest BCUT2D eigenvalue weighted by Crippen LogP contribution is -2.39. The molecule has 1 heterocycles. The van der Waals surface area contributed by atoms with Gasteiger partial charge in [0.2, 0.25) is 0 Å². The average Bonchev–Trinajstić information content (AvgIpc) is 2.38. The zero-order valence-corrected chi connectivity index (χ0v) is 11.8. The molecule has 1 aromatic rings. The van der Waals surface area contributed by atoms with E-state index in [9.17, 15) is 13.2 Å². The van der Waals surface area contributed by atoms with E-state index >= 15 is 0 Å². The number of alkyl halides is 3. The van der Waals surface area contributed by atoms with Gasteiger partial charge in [-0.3, -0.25) is 0 Å². The molecule has 0 unspecified atom stereocenters. The van der Waals surface area contributed by atoms with Crippen LogP contribution in [0.4, 0.5) is 18.9 Å². The molecule has 0 amide bonds. The summed E-state index contributed by atoms with van der Waals surface area (Å²) >= 11 is 6.22. The predicted octanol–water partition coefficient (Wildman–Crippen LogP) is 3.62. The number of rotatable bonds is 3. The highest BCUT2D eigenvalue weighted by Crippen LogP contribution is 2.38. The number of hydrogen-bond acceptors (Lipinski definition) is 2. The van der Waals surface area contributed by atoms with E-state index in [-0.39, 0.29) is 12.8 Å². The quantitative estimate of drug-likeness (QED) is 0.924. The Bertz CT molecular complexity index is 454. The molecule has 2 rings (SSSR count). The zero-order chi connectivity index (χ0) is 14.8.